The van der Waals surface area contributed by atoms with Gasteiger partial charge in [0.15, 0.2) is 4.90 Å². The van der Waals surface area contributed by atoms with Crippen molar-refractivity contribution >= 4 is 15.7 Å². The van der Waals surface area contributed by atoms with E-state index in [0.717, 1.165) is 18.2 Å². The van der Waals surface area contributed by atoms with Gasteiger partial charge in [0, 0.05) is 25.4 Å². The summed E-state index contributed by atoms with van der Waals surface area (Å²) in [5.41, 5.74) is -0.503. The van der Waals surface area contributed by atoms with Crippen molar-refractivity contribution in [1.82, 2.24) is 14.5 Å². The fourth-order valence-corrected chi connectivity index (χ4v) is 2.91. The number of halogens is 1. The van der Waals surface area contributed by atoms with Crippen molar-refractivity contribution in [2.24, 2.45) is 7.05 Å². The van der Waals surface area contributed by atoms with Crippen molar-refractivity contribution in [2.75, 3.05) is 0 Å². The number of nitrogens with zero attached hydrogens (tertiary/aromatic N) is 3. The molecule has 0 aliphatic heterocycles. The van der Waals surface area contributed by atoms with E-state index in [4.69, 9.17) is 0 Å². The molecule has 8 nitrogen and oxygen atoms in total. The van der Waals surface area contributed by atoms with Crippen LogP contribution in [0.3, 0.4) is 0 Å². The number of hydrogen-bond donors (Lipinski definition) is 1. The number of aromatic nitrogens is 2. The van der Waals surface area contributed by atoms with Gasteiger partial charge in [0.1, 0.15) is 0 Å². The Bertz CT molecular complexity index is 787. The highest BCUT2D eigenvalue weighted by Crippen LogP contribution is 2.26. The lowest BCUT2D eigenvalue weighted by Crippen LogP contribution is -2.24. The number of benzene rings is 1. The SMILES string of the molecule is Cn1cc(CNS(=O)(=O)c2cccc(F)c2[N+](=O)[O-])cn1. The van der Waals surface area contributed by atoms with Gasteiger partial charge in [0.2, 0.25) is 15.8 Å². The van der Waals surface area contributed by atoms with E-state index in [0.29, 0.717) is 5.56 Å². The average Bonchev–Trinajstić information content (AvgIpc) is 2.82. The first-order valence-electron chi connectivity index (χ1n) is 5.71. The molecule has 0 spiro atoms. The molecular formula is C11H11FN4O4S. The van der Waals surface area contributed by atoms with Crippen molar-refractivity contribution in [3.63, 3.8) is 0 Å². The van der Waals surface area contributed by atoms with Gasteiger partial charge in [-0.25, -0.2) is 13.1 Å². The van der Waals surface area contributed by atoms with Crippen LogP contribution in [0.5, 0.6) is 0 Å². The average molecular weight is 314 g/mol. The fourth-order valence-electron chi connectivity index (χ4n) is 1.71. The van der Waals surface area contributed by atoms with E-state index in [-0.39, 0.29) is 6.54 Å². The summed E-state index contributed by atoms with van der Waals surface area (Å²) >= 11 is 0. The number of aryl methyl sites for hydroxylation is 1. The number of para-hydroxylation sites is 1. The Morgan fingerprint density at radius 3 is 2.76 bits per heavy atom. The lowest BCUT2D eigenvalue weighted by Gasteiger charge is -2.06. The molecule has 0 aliphatic rings. The van der Waals surface area contributed by atoms with E-state index in [9.17, 15) is 22.9 Å². The number of nitro groups is 1. The largest absolute Gasteiger partial charge is 0.324 e. The second kappa shape index (κ2) is 5.58. The van der Waals surface area contributed by atoms with Gasteiger partial charge in [-0.2, -0.15) is 9.49 Å². The number of nitro benzene ring substituents is 1. The third kappa shape index (κ3) is 3.23. The standard InChI is InChI=1S/C11H11FN4O4S/c1-15-7-8(5-13-15)6-14-21(19,20)10-4-2-3-9(12)11(10)16(17)18/h2-5,7,14H,6H2,1H3. The van der Waals surface area contributed by atoms with E-state index in [1.807, 2.05) is 0 Å². The molecule has 0 aliphatic carbocycles. The Morgan fingerprint density at radius 1 is 1.48 bits per heavy atom. The predicted octanol–water partition coefficient (Wildman–Crippen LogP) is 0.946. The first kappa shape index (κ1) is 15.1. The van der Waals surface area contributed by atoms with Crippen LogP contribution in [-0.4, -0.2) is 23.1 Å². The highest BCUT2D eigenvalue weighted by molar-refractivity contribution is 7.89. The summed E-state index contributed by atoms with van der Waals surface area (Å²) in [6.45, 7) is -0.107. The summed E-state index contributed by atoms with van der Waals surface area (Å²) in [6.07, 6.45) is 3.03. The Kier molecular flexibility index (Phi) is 4.00. The number of nitrogens with one attached hydrogen (secondary N) is 1. The molecule has 1 aromatic carbocycles. The predicted molar refractivity (Wildman–Crippen MR) is 70.3 cm³/mol. The zero-order valence-electron chi connectivity index (χ0n) is 10.9. The van der Waals surface area contributed by atoms with E-state index in [1.54, 1.807) is 13.2 Å². The minimum Gasteiger partial charge on any atom is -0.275 e. The Morgan fingerprint density at radius 2 is 2.19 bits per heavy atom. The summed E-state index contributed by atoms with van der Waals surface area (Å²) < 4.78 is 41.3. The summed E-state index contributed by atoms with van der Waals surface area (Å²) in [4.78, 5) is 9.05. The number of sulfonamides is 1. The van der Waals surface area contributed by atoms with Gasteiger partial charge < -0.3 is 0 Å². The topological polar surface area (TPSA) is 107 Å². The van der Waals surface area contributed by atoms with Crippen LogP contribution in [-0.2, 0) is 23.6 Å². The Hall–Kier alpha value is -2.33. The molecule has 112 valence electrons. The van der Waals surface area contributed by atoms with E-state index >= 15 is 0 Å². The van der Waals surface area contributed by atoms with Crippen molar-refractivity contribution in [3.05, 3.63) is 52.1 Å². The second-order valence-corrected chi connectivity index (χ2v) is 5.93. The maximum Gasteiger partial charge on any atom is 0.324 e. The summed E-state index contributed by atoms with van der Waals surface area (Å²) in [5, 5.41) is 14.7. The molecule has 0 unspecified atom stereocenters. The first-order chi connectivity index (χ1) is 9.81. The molecule has 0 radical (unpaired) electrons. The van der Waals surface area contributed by atoms with Crippen molar-refractivity contribution in [3.8, 4) is 0 Å². The molecule has 21 heavy (non-hydrogen) atoms. The molecule has 1 heterocycles. The van der Waals surface area contributed by atoms with Gasteiger partial charge in [0.05, 0.1) is 11.1 Å². The minimum absolute atomic E-state index is 0.107. The maximum absolute atomic E-state index is 13.5. The van der Waals surface area contributed by atoms with Gasteiger partial charge in [-0.05, 0) is 12.1 Å². The van der Waals surface area contributed by atoms with Gasteiger partial charge in [-0.1, -0.05) is 6.07 Å². The molecule has 0 bridgehead atoms. The molecule has 1 aromatic heterocycles. The summed E-state index contributed by atoms with van der Waals surface area (Å²) in [5.74, 6) is -1.20. The lowest BCUT2D eigenvalue weighted by molar-refractivity contribution is -0.390. The molecule has 2 aromatic rings. The fraction of sp³-hybridized carbons (Fsp3) is 0.182. The highest BCUT2D eigenvalue weighted by atomic mass is 32.2. The monoisotopic (exact) mass is 314 g/mol. The van der Waals surface area contributed by atoms with Gasteiger partial charge in [-0.15, -0.1) is 0 Å². The van der Waals surface area contributed by atoms with Gasteiger partial charge >= 0.3 is 5.69 Å². The quantitative estimate of drug-likeness (QED) is 0.653. The molecule has 1 N–H and O–H groups in total. The Balaban J connectivity index is 2.32. The highest BCUT2D eigenvalue weighted by Gasteiger charge is 2.29. The molecule has 0 fully saturated rings. The maximum atomic E-state index is 13.5. The van der Waals surface area contributed by atoms with E-state index < -0.39 is 31.3 Å². The Labute approximate surface area is 119 Å². The molecule has 0 saturated heterocycles. The molecular weight excluding hydrogens is 303 g/mol. The molecule has 2 rings (SSSR count). The van der Waals surface area contributed by atoms with Gasteiger partial charge in [0.25, 0.3) is 0 Å². The zero-order chi connectivity index (χ0) is 15.6. The van der Waals surface area contributed by atoms with Crippen LogP contribution in [0.4, 0.5) is 10.1 Å². The van der Waals surface area contributed by atoms with E-state index in [2.05, 4.69) is 9.82 Å². The van der Waals surface area contributed by atoms with Crippen LogP contribution < -0.4 is 4.72 Å². The molecule has 0 saturated carbocycles. The summed E-state index contributed by atoms with van der Waals surface area (Å²) in [6, 6.07) is 2.91. The molecule has 0 amide bonds. The summed E-state index contributed by atoms with van der Waals surface area (Å²) in [7, 11) is -2.55. The van der Waals surface area contributed by atoms with Crippen LogP contribution in [0, 0.1) is 15.9 Å². The van der Waals surface area contributed by atoms with Crippen LogP contribution in [0.1, 0.15) is 5.56 Å². The van der Waals surface area contributed by atoms with Crippen LogP contribution in [0.15, 0.2) is 35.5 Å². The first-order valence-corrected chi connectivity index (χ1v) is 7.19. The van der Waals surface area contributed by atoms with Crippen molar-refractivity contribution in [1.29, 1.82) is 0 Å². The molecule has 10 heteroatoms. The minimum atomic E-state index is -4.22. The van der Waals surface area contributed by atoms with Crippen LogP contribution in [0.2, 0.25) is 0 Å². The third-order valence-corrected chi connectivity index (χ3v) is 4.08. The zero-order valence-corrected chi connectivity index (χ0v) is 11.7. The van der Waals surface area contributed by atoms with Crippen LogP contribution >= 0.6 is 0 Å². The molecule has 0 atom stereocenters. The normalized spacial score (nSPS) is 11.5. The van der Waals surface area contributed by atoms with Crippen LogP contribution in [0.25, 0.3) is 0 Å². The number of rotatable bonds is 5. The van der Waals surface area contributed by atoms with Crippen molar-refractivity contribution in [2.45, 2.75) is 11.4 Å². The third-order valence-electron chi connectivity index (χ3n) is 2.65. The van der Waals surface area contributed by atoms with Crippen molar-refractivity contribution < 1.29 is 17.7 Å². The lowest BCUT2D eigenvalue weighted by atomic mass is 10.3. The van der Waals surface area contributed by atoms with E-state index in [1.165, 1.54) is 10.9 Å². The second-order valence-electron chi connectivity index (χ2n) is 4.19. The number of hydrogen-bond acceptors (Lipinski definition) is 5. The van der Waals surface area contributed by atoms with Gasteiger partial charge in [-0.3, -0.25) is 14.8 Å². The smallest absolute Gasteiger partial charge is 0.275 e.